The number of hydrogen-bond donors (Lipinski definition) is 0. The topological polar surface area (TPSA) is 49.6 Å². The molecule has 0 bridgehead atoms. The zero-order chi connectivity index (χ0) is 38.2. The van der Waals surface area contributed by atoms with Crippen LogP contribution in [-0.4, -0.2) is 9.97 Å². The zero-order valence-corrected chi connectivity index (χ0v) is 31.0. The quantitative estimate of drug-likeness (QED) is 0.164. The lowest BCUT2D eigenvalue weighted by Crippen LogP contribution is -2.28. The van der Waals surface area contributed by atoms with Crippen molar-refractivity contribution in [3.05, 3.63) is 240 Å². The first-order valence-corrected chi connectivity index (χ1v) is 19.2. The van der Waals surface area contributed by atoms with Gasteiger partial charge in [0.2, 0.25) is 0 Å². The molecule has 3 heteroatoms. The fraction of sp³-hybridized carbons (Fsp3) is 0.0185. The molecule has 0 radical (unpaired) electrons. The zero-order valence-electron chi connectivity index (χ0n) is 31.0. The van der Waals surface area contributed by atoms with Crippen molar-refractivity contribution >= 4 is 0 Å². The molecule has 0 N–H and O–H groups in total. The molecule has 0 aliphatic heterocycles. The SMILES string of the molecule is N#Cc1cccc2c1-c1c(-c3cccc(-c4nc(-c5ccccc5)cc(-c5ccc(-c6ccccc6)cc5)n4)c3)cccc1C2(c1ccccc1)c1ccccc1. The van der Waals surface area contributed by atoms with E-state index in [1.807, 2.05) is 36.4 Å². The lowest BCUT2D eigenvalue weighted by molar-refractivity contribution is 0.768. The van der Waals surface area contributed by atoms with Crippen LogP contribution in [0, 0.1) is 11.3 Å². The smallest absolute Gasteiger partial charge is 0.160 e. The molecule has 0 atom stereocenters. The molecule has 0 unspecified atom stereocenters. The van der Waals surface area contributed by atoms with Crippen LogP contribution in [0.15, 0.2) is 212 Å². The van der Waals surface area contributed by atoms with E-state index in [1.54, 1.807) is 0 Å². The molecular formula is C54H35N3. The van der Waals surface area contributed by atoms with Crippen LogP contribution in [0.5, 0.6) is 0 Å². The second kappa shape index (κ2) is 14.2. The van der Waals surface area contributed by atoms with Gasteiger partial charge in [-0.05, 0) is 68.3 Å². The fourth-order valence-electron chi connectivity index (χ4n) is 8.68. The number of nitriles is 1. The highest BCUT2D eigenvalue weighted by Crippen LogP contribution is 2.59. The van der Waals surface area contributed by atoms with Gasteiger partial charge in [0.25, 0.3) is 0 Å². The predicted octanol–water partition coefficient (Wildman–Crippen LogP) is 13.0. The van der Waals surface area contributed by atoms with Crippen molar-refractivity contribution in [1.82, 2.24) is 9.97 Å². The van der Waals surface area contributed by atoms with Crippen LogP contribution in [0.1, 0.15) is 27.8 Å². The van der Waals surface area contributed by atoms with Gasteiger partial charge in [-0.2, -0.15) is 5.26 Å². The summed E-state index contributed by atoms with van der Waals surface area (Å²) >= 11 is 0. The third-order valence-electron chi connectivity index (χ3n) is 11.2. The Hall–Kier alpha value is -7.67. The lowest BCUT2D eigenvalue weighted by Gasteiger charge is -2.34. The molecule has 0 amide bonds. The van der Waals surface area contributed by atoms with Crippen LogP contribution in [0.3, 0.4) is 0 Å². The highest BCUT2D eigenvalue weighted by Gasteiger charge is 2.47. The van der Waals surface area contributed by atoms with Crippen LogP contribution >= 0.6 is 0 Å². The minimum atomic E-state index is -0.619. The van der Waals surface area contributed by atoms with Crippen LogP contribution in [0.25, 0.3) is 67.3 Å². The van der Waals surface area contributed by atoms with Gasteiger partial charge in [-0.25, -0.2) is 9.97 Å². The van der Waals surface area contributed by atoms with E-state index in [0.717, 1.165) is 78.1 Å². The molecule has 266 valence electrons. The van der Waals surface area contributed by atoms with Gasteiger partial charge in [-0.1, -0.05) is 194 Å². The maximum Gasteiger partial charge on any atom is 0.160 e. The van der Waals surface area contributed by atoms with Crippen LogP contribution < -0.4 is 0 Å². The van der Waals surface area contributed by atoms with Crippen LogP contribution in [0.2, 0.25) is 0 Å². The summed E-state index contributed by atoms with van der Waals surface area (Å²) in [7, 11) is 0. The van der Waals surface area contributed by atoms with Gasteiger partial charge in [-0.15, -0.1) is 0 Å². The van der Waals surface area contributed by atoms with E-state index in [-0.39, 0.29) is 0 Å². The number of rotatable bonds is 7. The molecular weight excluding hydrogens is 691 g/mol. The summed E-state index contributed by atoms with van der Waals surface area (Å²) in [6.07, 6.45) is 0. The van der Waals surface area contributed by atoms with E-state index < -0.39 is 5.41 Å². The van der Waals surface area contributed by atoms with Gasteiger partial charge >= 0.3 is 0 Å². The fourth-order valence-corrected chi connectivity index (χ4v) is 8.68. The normalized spacial score (nSPS) is 12.3. The van der Waals surface area contributed by atoms with Crippen molar-refractivity contribution < 1.29 is 0 Å². The molecule has 1 aliphatic carbocycles. The maximum atomic E-state index is 10.6. The molecule has 8 aromatic carbocycles. The first-order valence-electron chi connectivity index (χ1n) is 19.2. The lowest BCUT2D eigenvalue weighted by atomic mass is 9.67. The molecule has 0 saturated carbocycles. The molecule has 1 aliphatic rings. The second-order valence-corrected chi connectivity index (χ2v) is 14.4. The van der Waals surface area contributed by atoms with Crippen molar-refractivity contribution in [1.29, 1.82) is 5.26 Å². The number of benzene rings is 8. The Morgan fingerprint density at radius 3 is 1.44 bits per heavy atom. The summed E-state index contributed by atoms with van der Waals surface area (Å²) in [6, 6.07) is 76.6. The number of nitrogens with zero attached hydrogens (tertiary/aromatic N) is 3. The Morgan fingerprint density at radius 2 is 0.825 bits per heavy atom. The highest BCUT2D eigenvalue weighted by atomic mass is 14.9. The molecule has 0 saturated heterocycles. The minimum Gasteiger partial charge on any atom is -0.228 e. The molecule has 10 rings (SSSR count). The van der Waals surface area contributed by atoms with E-state index in [4.69, 9.17) is 9.97 Å². The monoisotopic (exact) mass is 725 g/mol. The molecule has 0 spiro atoms. The summed E-state index contributed by atoms with van der Waals surface area (Å²) < 4.78 is 0. The van der Waals surface area contributed by atoms with Crippen molar-refractivity contribution in [3.63, 3.8) is 0 Å². The summed E-state index contributed by atoms with van der Waals surface area (Å²) in [5, 5.41) is 10.6. The predicted molar refractivity (Wildman–Crippen MR) is 231 cm³/mol. The van der Waals surface area contributed by atoms with E-state index in [1.165, 1.54) is 5.56 Å². The largest absolute Gasteiger partial charge is 0.228 e. The number of aromatic nitrogens is 2. The Morgan fingerprint density at radius 1 is 0.368 bits per heavy atom. The summed E-state index contributed by atoms with van der Waals surface area (Å²) in [5.41, 5.74) is 15.8. The Balaban J connectivity index is 1.16. The van der Waals surface area contributed by atoms with Crippen LogP contribution in [0.4, 0.5) is 0 Å². The molecule has 1 heterocycles. The molecule has 0 fully saturated rings. The van der Waals surface area contributed by atoms with Gasteiger partial charge in [0.1, 0.15) is 0 Å². The van der Waals surface area contributed by atoms with E-state index in [9.17, 15) is 5.26 Å². The number of fused-ring (bicyclic) bond motifs is 3. The third kappa shape index (κ3) is 5.75. The number of hydrogen-bond acceptors (Lipinski definition) is 3. The van der Waals surface area contributed by atoms with E-state index in [0.29, 0.717) is 11.4 Å². The average Bonchev–Trinajstić information content (AvgIpc) is 3.62. The minimum absolute atomic E-state index is 0.619. The molecule has 9 aromatic rings. The van der Waals surface area contributed by atoms with Crippen molar-refractivity contribution in [3.8, 4) is 73.4 Å². The van der Waals surface area contributed by atoms with Gasteiger partial charge < -0.3 is 0 Å². The van der Waals surface area contributed by atoms with Crippen molar-refractivity contribution in [2.45, 2.75) is 5.41 Å². The first kappa shape index (κ1) is 33.9. The van der Waals surface area contributed by atoms with E-state index >= 15 is 0 Å². The third-order valence-corrected chi connectivity index (χ3v) is 11.2. The van der Waals surface area contributed by atoms with Crippen molar-refractivity contribution in [2.75, 3.05) is 0 Å². The second-order valence-electron chi connectivity index (χ2n) is 14.4. The van der Waals surface area contributed by atoms with Gasteiger partial charge in [0, 0.05) is 22.3 Å². The first-order chi connectivity index (χ1) is 28.2. The summed E-state index contributed by atoms with van der Waals surface area (Å²) in [6.45, 7) is 0. The highest BCUT2D eigenvalue weighted by molar-refractivity contribution is 5.98. The van der Waals surface area contributed by atoms with Gasteiger partial charge in [-0.3, -0.25) is 0 Å². The standard InChI is InChI=1S/C54H35N3/c55-36-43-22-14-28-47-51(43)52-46(27-15-29-48(52)54(47,44-23-9-3-10-24-44)45-25-11-4-12-26-45)41-20-13-21-42(34-41)53-56-49(39-18-7-2-8-19-39)35-50(57-53)40-32-30-38(31-33-40)37-16-5-1-6-17-37/h1-35H. The maximum absolute atomic E-state index is 10.6. The summed E-state index contributed by atoms with van der Waals surface area (Å²) in [5.74, 6) is 0.647. The molecule has 3 nitrogen and oxygen atoms in total. The Labute approximate surface area is 332 Å². The van der Waals surface area contributed by atoms with Crippen LogP contribution in [-0.2, 0) is 5.41 Å². The Kier molecular flexibility index (Phi) is 8.43. The average molecular weight is 726 g/mol. The van der Waals surface area contributed by atoms with Crippen molar-refractivity contribution in [2.24, 2.45) is 0 Å². The summed E-state index contributed by atoms with van der Waals surface area (Å²) in [4.78, 5) is 10.4. The van der Waals surface area contributed by atoms with E-state index in [2.05, 4.69) is 182 Å². The molecule has 1 aromatic heterocycles. The Bertz CT molecular complexity index is 2890. The van der Waals surface area contributed by atoms with Gasteiger partial charge in [0.05, 0.1) is 28.4 Å². The van der Waals surface area contributed by atoms with Gasteiger partial charge in [0.15, 0.2) is 5.82 Å². The molecule has 57 heavy (non-hydrogen) atoms.